The van der Waals surface area contributed by atoms with Gasteiger partial charge < -0.3 is 18.0 Å². The number of rotatable bonds is 12. The maximum atomic E-state index is 6.49. The van der Waals surface area contributed by atoms with Gasteiger partial charge in [-0.15, -0.1) is 0 Å². The highest BCUT2D eigenvalue weighted by Gasteiger charge is 2.48. The molecule has 0 N–H and O–H groups in total. The van der Waals surface area contributed by atoms with E-state index in [-0.39, 0.29) is 11.0 Å². The minimum Gasteiger partial charge on any atom is -0.488 e. The summed E-state index contributed by atoms with van der Waals surface area (Å²) in [5.74, 6) is 0.828. The summed E-state index contributed by atoms with van der Waals surface area (Å²) in [6.45, 7) is 21.2. The second-order valence-electron chi connectivity index (χ2n) is 9.84. The molecule has 0 aliphatic carbocycles. The van der Waals surface area contributed by atoms with Crippen LogP contribution in [-0.4, -0.2) is 34.2 Å². The van der Waals surface area contributed by atoms with E-state index >= 15 is 0 Å². The molecular weight excluding hydrogens is 380 g/mol. The number of hydrogen-bond acceptors (Lipinski definition) is 4. The zero-order valence-electron chi connectivity index (χ0n) is 20.3. The second kappa shape index (κ2) is 11.5. The molecule has 0 saturated heterocycles. The van der Waals surface area contributed by atoms with Gasteiger partial charge in [0.1, 0.15) is 11.4 Å². The number of hydrogen-bond donors (Lipinski definition) is 0. The third-order valence-corrected chi connectivity index (χ3v) is 6.98. The first-order valence-corrected chi connectivity index (χ1v) is 12.9. The maximum absolute atomic E-state index is 6.49. The Hall–Kier alpha value is -0.883. The van der Waals surface area contributed by atoms with Gasteiger partial charge in [0, 0.05) is 19.8 Å². The quantitative estimate of drug-likeness (QED) is 0.393. The molecule has 5 heteroatoms. The molecule has 1 rings (SSSR count). The molecule has 0 radical (unpaired) electrons. The van der Waals surface area contributed by atoms with Crippen LogP contribution >= 0.6 is 0 Å². The van der Waals surface area contributed by atoms with Crippen molar-refractivity contribution in [3.05, 3.63) is 23.8 Å². The van der Waals surface area contributed by atoms with Crippen molar-refractivity contribution in [2.75, 3.05) is 19.8 Å². The van der Waals surface area contributed by atoms with Gasteiger partial charge in [0.05, 0.1) is 5.19 Å². The summed E-state index contributed by atoms with van der Waals surface area (Å²) in [7, 11) is -3.15. The van der Waals surface area contributed by atoms with Crippen molar-refractivity contribution in [2.24, 2.45) is 5.41 Å². The molecule has 0 bridgehead atoms. The summed E-state index contributed by atoms with van der Waals surface area (Å²) in [5, 5.41) is 1.01. The molecule has 1 aromatic carbocycles. The molecule has 0 saturated carbocycles. The standard InChI is InChI=1S/C24H44O4Si/c1-10-16-25-29(26-17-11-2,27-18-12-3)22-20(19-23(4,5)6)14-13-15-21(22)28-24(7,8)9/h13-15H,10-12,16-19H2,1-9H3. The lowest BCUT2D eigenvalue weighted by atomic mass is 9.88. The maximum Gasteiger partial charge on any atom is 0.541 e. The van der Waals surface area contributed by atoms with Gasteiger partial charge in [-0.25, -0.2) is 0 Å². The average molecular weight is 425 g/mol. The van der Waals surface area contributed by atoms with Gasteiger partial charge in [-0.3, -0.25) is 0 Å². The fraction of sp³-hybridized carbons (Fsp3) is 0.750. The van der Waals surface area contributed by atoms with Crippen molar-refractivity contribution in [2.45, 2.75) is 93.6 Å². The minimum atomic E-state index is -3.15. The van der Waals surface area contributed by atoms with Gasteiger partial charge in [-0.05, 0) is 63.5 Å². The number of benzene rings is 1. The van der Waals surface area contributed by atoms with E-state index in [2.05, 4.69) is 74.4 Å². The first kappa shape index (κ1) is 26.2. The molecular formula is C24H44O4Si. The Morgan fingerprint density at radius 2 is 1.24 bits per heavy atom. The van der Waals surface area contributed by atoms with Crippen LogP contribution < -0.4 is 9.92 Å². The summed E-state index contributed by atoms with van der Waals surface area (Å²) >= 11 is 0. The minimum absolute atomic E-state index is 0.121. The molecule has 0 amide bonds. The Balaban J connectivity index is 3.68. The van der Waals surface area contributed by atoms with Crippen LogP contribution in [0.5, 0.6) is 5.75 Å². The predicted octanol–water partition coefficient (Wildman–Crippen LogP) is 5.88. The Morgan fingerprint density at radius 3 is 1.62 bits per heavy atom. The second-order valence-corrected chi connectivity index (χ2v) is 12.3. The van der Waals surface area contributed by atoms with E-state index in [0.717, 1.165) is 36.6 Å². The van der Waals surface area contributed by atoms with E-state index < -0.39 is 8.80 Å². The van der Waals surface area contributed by atoms with Gasteiger partial charge in [0.15, 0.2) is 0 Å². The summed E-state index contributed by atoms with van der Waals surface area (Å²) in [5.41, 5.74) is 1.000. The summed E-state index contributed by atoms with van der Waals surface area (Å²) in [4.78, 5) is 0. The Bertz CT molecular complexity index is 546. The lowest BCUT2D eigenvalue weighted by Gasteiger charge is -2.35. The average Bonchev–Trinajstić information content (AvgIpc) is 2.59. The van der Waals surface area contributed by atoms with Crippen LogP contribution in [0.2, 0.25) is 0 Å². The first-order chi connectivity index (χ1) is 13.5. The molecule has 0 aromatic heterocycles. The molecule has 29 heavy (non-hydrogen) atoms. The van der Waals surface area contributed by atoms with Gasteiger partial charge in [0.2, 0.25) is 0 Å². The molecule has 1 aromatic rings. The monoisotopic (exact) mass is 424 g/mol. The molecule has 4 nitrogen and oxygen atoms in total. The molecule has 0 aliphatic rings. The van der Waals surface area contributed by atoms with Crippen LogP contribution in [0.15, 0.2) is 18.2 Å². The van der Waals surface area contributed by atoms with Crippen LogP contribution in [0.1, 0.15) is 87.1 Å². The molecule has 0 spiro atoms. The molecule has 0 atom stereocenters. The highest BCUT2D eigenvalue weighted by Crippen LogP contribution is 2.28. The van der Waals surface area contributed by atoms with Gasteiger partial charge >= 0.3 is 8.80 Å². The Labute approximate surface area is 180 Å². The zero-order valence-corrected chi connectivity index (χ0v) is 21.3. The van der Waals surface area contributed by atoms with E-state index in [0.29, 0.717) is 19.8 Å². The Morgan fingerprint density at radius 1 is 0.759 bits per heavy atom. The molecule has 0 aliphatic heterocycles. The van der Waals surface area contributed by atoms with Crippen molar-refractivity contribution >= 4 is 14.0 Å². The van der Waals surface area contributed by atoms with Crippen LogP contribution in [0, 0.1) is 5.41 Å². The van der Waals surface area contributed by atoms with Crippen molar-refractivity contribution in [3.8, 4) is 5.75 Å². The van der Waals surface area contributed by atoms with Gasteiger partial charge in [-0.1, -0.05) is 53.7 Å². The smallest absolute Gasteiger partial charge is 0.488 e. The summed E-state index contributed by atoms with van der Waals surface area (Å²) in [6.07, 6.45) is 3.64. The summed E-state index contributed by atoms with van der Waals surface area (Å²) in [6, 6.07) is 6.29. The highest BCUT2D eigenvalue weighted by molar-refractivity contribution is 6.76. The van der Waals surface area contributed by atoms with Gasteiger partial charge in [0.25, 0.3) is 0 Å². The predicted molar refractivity (Wildman–Crippen MR) is 124 cm³/mol. The van der Waals surface area contributed by atoms with E-state index in [1.54, 1.807) is 0 Å². The molecule has 0 fully saturated rings. The lowest BCUT2D eigenvalue weighted by Crippen LogP contribution is -2.59. The van der Waals surface area contributed by atoms with E-state index in [9.17, 15) is 0 Å². The normalized spacial score (nSPS) is 13.0. The van der Waals surface area contributed by atoms with Crippen LogP contribution in [0.3, 0.4) is 0 Å². The van der Waals surface area contributed by atoms with Crippen LogP contribution in [-0.2, 0) is 19.7 Å². The van der Waals surface area contributed by atoms with Gasteiger partial charge in [-0.2, -0.15) is 0 Å². The third kappa shape index (κ3) is 8.79. The number of ether oxygens (including phenoxy) is 1. The van der Waals surface area contributed by atoms with Crippen molar-refractivity contribution in [1.29, 1.82) is 0 Å². The van der Waals surface area contributed by atoms with Crippen molar-refractivity contribution < 1.29 is 18.0 Å². The largest absolute Gasteiger partial charge is 0.541 e. The molecule has 0 unspecified atom stereocenters. The highest BCUT2D eigenvalue weighted by atomic mass is 28.4. The van der Waals surface area contributed by atoms with Crippen LogP contribution in [0.25, 0.3) is 0 Å². The molecule has 168 valence electrons. The fourth-order valence-electron chi connectivity index (χ4n) is 3.11. The summed E-state index contributed by atoms with van der Waals surface area (Å²) < 4.78 is 25.9. The first-order valence-electron chi connectivity index (χ1n) is 11.2. The molecule has 0 heterocycles. The van der Waals surface area contributed by atoms with E-state index in [4.69, 9.17) is 18.0 Å². The van der Waals surface area contributed by atoms with Crippen molar-refractivity contribution in [3.63, 3.8) is 0 Å². The third-order valence-electron chi connectivity index (χ3n) is 4.04. The van der Waals surface area contributed by atoms with Crippen LogP contribution in [0.4, 0.5) is 0 Å². The fourth-order valence-corrected chi connectivity index (χ4v) is 6.21. The lowest BCUT2D eigenvalue weighted by molar-refractivity contribution is 0.0706. The van der Waals surface area contributed by atoms with E-state index in [1.807, 2.05) is 6.07 Å². The zero-order chi connectivity index (χ0) is 22.1. The topological polar surface area (TPSA) is 36.9 Å². The SMILES string of the molecule is CCCO[Si](OCCC)(OCCC)c1c(CC(C)(C)C)cccc1OC(C)(C)C. The van der Waals surface area contributed by atoms with Crippen molar-refractivity contribution in [1.82, 2.24) is 0 Å². The Kier molecular flexibility index (Phi) is 10.4. The van der Waals surface area contributed by atoms with E-state index in [1.165, 1.54) is 5.56 Å².